The topological polar surface area (TPSA) is 46.4 Å². The van der Waals surface area contributed by atoms with E-state index >= 15 is 0 Å². The summed E-state index contributed by atoms with van der Waals surface area (Å²) < 4.78 is 25.3. The van der Waals surface area contributed by atoms with Gasteiger partial charge >= 0.3 is 5.97 Å². The van der Waals surface area contributed by atoms with Gasteiger partial charge in [-0.3, -0.25) is 4.90 Å². The molecule has 2 saturated heterocycles. The lowest BCUT2D eigenvalue weighted by Gasteiger charge is -2.46. The van der Waals surface area contributed by atoms with Crippen LogP contribution >= 0.6 is 12.4 Å². The second-order valence-electron chi connectivity index (χ2n) is 9.20. The molecule has 0 unspecified atom stereocenters. The first-order chi connectivity index (χ1) is 16.0. The number of rotatable bonds is 4. The number of morpholine rings is 1. The van der Waals surface area contributed by atoms with Crippen LogP contribution < -0.4 is 0 Å². The second-order valence-corrected chi connectivity index (χ2v) is 9.20. The molecule has 0 saturated carbocycles. The number of hydrogen-bond donors (Lipinski definition) is 0. The highest BCUT2D eigenvalue weighted by Gasteiger charge is 2.35. The molecule has 0 amide bonds. The van der Waals surface area contributed by atoms with E-state index in [0.29, 0.717) is 30.4 Å². The third kappa shape index (κ3) is 4.44. The van der Waals surface area contributed by atoms with Gasteiger partial charge in [0.15, 0.2) is 0 Å². The predicted octanol–water partition coefficient (Wildman–Crippen LogP) is 4.39. The number of carbonyl (C=O) groups is 1. The Kier molecular flexibility index (Phi) is 7.25. The van der Waals surface area contributed by atoms with E-state index in [1.165, 1.54) is 17.2 Å². The van der Waals surface area contributed by atoms with E-state index in [4.69, 9.17) is 16.0 Å². The molecule has 0 N–H and O–H groups in total. The smallest absolute Gasteiger partial charge is 0.338 e. The molecular weight excluding hydrogens is 457 g/mol. The van der Waals surface area contributed by atoms with Gasteiger partial charge in [0.25, 0.3) is 0 Å². The molecule has 2 aromatic rings. The summed E-state index contributed by atoms with van der Waals surface area (Å²) in [6, 6.07) is 7.44. The van der Waals surface area contributed by atoms with Crippen LogP contribution in [0.1, 0.15) is 44.3 Å². The molecule has 2 aromatic carbocycles. The van der Waals surface area contributed by atoms with Gasteiger partial charge in [0, 0.05) is 44.3 Å². The van der Waals surface area contributed by atoms with E-state index in [2.05, 4.69) is 27.6 Å². The zero-order valence-electron chi connectivity index (χ0n) is 19.5. The number of benzene rings is 2. The van der Waals surface area contributed by atoms with Gasteiger partial charge in [-0.1, -0.05) is 12.1 Å². The summed E-state index contributed by atoms with van der Waals surface area (Å²) in [7, 11) is 0. The van der Waals surface area contributed by atoms with Crippen LogP contribution in [0.5, 0.6) is 0 Å². The van der Waals surface area contributed by atoms with Crippen LogP contribution in [0.4, 0.5) is 10.1 Å². The fourth-order valence-corrected chi connectivity index (χ4v) is 5.36. The lowest BCUT2D eigenvalue weighted by molar-refractivity contribution is -0.0902. The Morgan fingerprint density at radius 2 is 1.97 bits per heavy atom. The highest BCUT2D eigenvalue weighted by molar-refractivity contribution is 5.93. The summed E-state index contributed by atoms with van der Waals surface area (Å²) in [4.78, 5) is 20.1. The van der Waals surface area contributed by atoms with Crippen molar-refractivity contribution in [2.75, 3.05) is 39.3 Å². The fraction of sp³-hybridized carbons (Fsp3) is 0.462. The van der Waals surface area contributed by atoms with Gasteiger partial charge in [-0.25, -0.2) is 14.0 Å². The first-order valence-corrected chi connectivity index (χ1v) is 11.5. The van der Waals surface area contributed by atoms with Crippen molar-refractivity contribution in [3.05, 3.63) is 74.9 Å². The normalized spacial score (nSPS) is 22.4. The molecule has 0 aliphatic carbocycles. The van der Waals surface area contributed by atoms with Crippen molar-refractivity contribution < 1.29 is 18.7 Å². The second kappa shape index (κ2) is 10.0. The number of halogens is 2. The Morgan fingerprint density at radius 3 is 2.76 bits per heavy atom. The molecule has 180 valence electrons. The number of esters is 1. The zero-order valence-corrected chi connectivity index (χ0v) is 20.3. The molecule has 0 radical (unpaired) electrons. The Morgan fingerprint density at radius 1 is 1.15 bits per heavy atom. The number of carbonyl (C=O) groups excluding carboxylic acids is 1. The number of hydrogen-bond acceptors (Lipinski definition) is 5. The van der Waals surface area contributed by atoms with Crippen LogP contribution in [0.15, 0.2) is 24.3 Å². The molecule has 0 aromatic heterocycles. The SMILES string of the molecule is Cl.[C-]#[N+]c1c(F)ccc([C@@H]2CN3CCN(CCc4ccc5c(c4C)COC5=O)C[C@H]3CO2)c1C. The number of cyclic esters (lactones) is 1. The average Bonchev–Trinajstić information content (AvgIpc) is 3.20. The van der Waals surface area contributed by atoms with Gasteiger partial charge in [-0.05, 0) is 54.7 Å². The average molecular weight is 486 g/mol. The molecule has 3 aliphatic rings. The molecule has 0 spiro atoms. The standard InChI is InChI=1S/C26H28FN3O3.ClH/c1-16-18(4-5-21-22(16)15-33-26(21)31)8-9-29-10-11-30-13-24(32-14-19(30)12-29)20-6-7-23(27)25(28-3)17(20)2;/h4-7,19,24H,8-15H2,1-2H3;1H/t19-,24-;/m0./s1. The minimum atomic E-state index is -0.466. The van der Waals surface area contributed by atoms with Crippen molar-refractivity contribution in [3.8, 4) is 0 Å². The van der Waals surface area contributed by atoms with Crippen LogP contribution in [0.3, 0.4) is 0 Å². The summed E-state index contributed by atoms with van der Waals surface area (Å²) in [6.45, 7) is 16.8. The number of fused-ring (bicyclic) bond motifs is 2. The van der Waals surface area contributed by atoms with Crippen LogP contribution in [0, 0.1) is 26.2 Å². The third-order valence-corrected chi connectivity index (χ3v) is 7.44. The third-order valence-electron chi connectivity index (χ3n) is 7.44. The van der Waals surface area contributed by atoms with E-state index in [1.807, 2.05) is 13.0 Å². The molecule has 0 bridgehead atoms. The van der Waals surface area contributed by atoms with Crippen molar-refractivity contribution in [1.82, 2.24) is 9.80 Å². The Bertz CT molecular complexity index is 1150. The van der Waals surface area contributed by atoms with Crippen LogP contribution in [0.2, 0.25) is 0 Å². The van der Waals surface area contributed by atoms with Crippen molar-refractivity contribution in [1.29, 1.82) is 0 Å². The molecule has 5 rings (SSSR count). The first-order valence-electron chi connectivity index (χ1n) is 11.5. The van der Waals surface area contributed by atoms with Gasteiger partial charge < -0.3 is 14.4 Å². The monoisotopic (exact) mass is 485 g/mol. The number of piperazine rings is 1. The molecular formula is C26H29ClFN3O3. The van der Waals surface area contributed by atoms with Crippen molar-refractivity contribution in [2.45, 2.75) is 39.0 Å². The molecule has 3 heterocycles. The summed E-state index contributed by atoms with van der Waals surface area (Å²) in [5.41, 5.74) is 5.89. The van der Waals surface area contributed by atoms with Crippen molar-refractivity contribution >= 4 is 24.1 Å². The molecule has 2 fully saturated rings. The van der Waals surface area contributed by atoms with Crippen LogP contribution in [-0.2, 0) is 22.5 Å². The maximum absolute atomic E-state index is 13.9. The van der Waals surface area contributed by atoms with Gasteiger partial charge in [0.2, 0.25) is 5.69 Å². The van der Waals surface area contributed by atoms with Gasteiger partial charge in [0.1, 0.15) is 12.4 Å². The zero-order chi connectivity index (χ0) is 23.1. The molecule has 6 nitrogen and oxygen atoms in total. The van der Waals surface area contributed by atoms with E-state index in [0.717, 1.165) is 50.3 Å². The number of nitrogens with zero attached hydrogens (tertiary/aromatic N) is 3. The molecule has 34 heavy (non-hydrogen) atoms. The van der Waals surface area contributed by atoms with Crippen molar-refractivity contribution in [2.24, 2.45) is 0 Å². The summed E-state index contributed by atoms with van der Waals surface area (Å²) >= 11 is 0. The van der Waals surface area contributed by atoms with Gasteiger partial charge in [-0.15, -0.1) is 12.4 Å². The Hall–Kier alpha value is -2.50. The minimum Gasteiger partial charge on any atom is -0.457 e. The van der Waals surface area contributed by atoms with E-state index in [-0.39, 0.29) is 30.2 Å². The summed E-state index contributed by atoms with van der Waals surface area (Å²) in [6.07, 6.45) is 0.811. The van der Waals surface area contributed by atoms with Crippen LogP contribution in [-0.4, -0.2) is 61.1 Å². The highest BCUT2D eigenvalue weighted by atomic mass is 35.5. The maximum atomic E-state index is 13.9. The first kappa shape index (κ1) is 24.6. The Labute approximate surface area is 205 Å². The quantitative estimate of drug-likeness (QED) is 0.475. The van der Waals surface area contributed by atoms with Crippen LogP contribution in [0.25, 0.3) is 4.85 Å². The molecule has 8 heteroatoms. The van der Waals surface area contributed by atoms with Gasteiger partial charge in [0.05, 0.1) is 24.8 Å². The minimum absolute atomic E-state index is 0. The van der Waals surface area contributed by atoms with E-state index in [9.17, 15) is 9.18 Å². The molecule has 2 atom stereocenters. The van der Waals surface area contributed by atoms with Crippen molar-refractivity contribution in [3.63, 3.8) is 0 Å². The predicted molar refractivity (Wildman–Crippen MR) is 129 cm³/mol. The lowest BCUT2D eigenvalue weighted by Crippen LogP contribution is -2.58. The number of ether oxygens (including phenoxy) is 2. The lowest BCUT2D eigenvalue weighted by atomic mass is 9.96. The van der Waals surface area contributed by atoms with E-state index < -0.39 is 5.82 Å². The Balaban J connectivity index is 0.00000274. The fourth-order valence-electron chi connectivity index (χ4n) is 5.36. The largest absolute Gasteiger partial charge is 0.457 e. The van der Waals surface area contributed by atoms with Gasteiger partial charge in [-0.2, -0.15) is 0 Å². The van der Waals surface area contributed by atoms with E-state index in [1.54, 1.807) is 6.07 Å². The maximum Gasteiger partial charge on any atom is 0.338 e. The molecule has 3 aliphatic heterocycles. The highest BCUT2D eigenvalue weighted by Crippen LogP contribution is 2.34. The summed E-state index contributed by atoms with van der Waals surface area (Å²) in [5.74, 6) is -0.682. The summed E-state index contributed by atoms with van der Waals surface area (Å²) in [5, 5.41) is 0.